The van der Waals surface area contributed by atoms with Gasteiger partial charge in [0.25, 0.3) is 5.91 Å². The SMILES string of the molecule is Cl.O=C(c1ccncc1)N1CCN(CCCl)CC1. The first kappa shape index (κ1) is 15.2. The molecule has 1 aliphatic heterocycles. The number of pyridine rings is 1. The minimum Gasteiger partial charge on any atom is -0.336 e. The largest absolute Gasteiger partial charge is 0.336 e. The lowest BCUT2D eigenvalue weighted by atomic mass is 10.2. The average molecular weight is 290 g/mol. The Morgan fingerprint density at radius 1 is 1.22 bits per heavy atom. The quantitative estimate of drug-likeness (QED) is 0.792. The lowest BCUT2D eigenvalue weighted by Crippen LogP contribution is -2.49. The number of piperazine rings is 1. The first-order valence-corrected chi connectivity index (χ1v) is 6.32. The van der Waals surface area contributed by atoms with Gasteiger partial charge in [-0.15, -0.1) is 24.0 Å². The van der Waals surface area contributed by atoms with Crippen molar-refractivity contribution in [2.75, 3.05) is 38.6 Å². The summed E-state index contributed by atoms with van der Waals surface area (Å²) < 4.78 is 0. The molecular weight excluding hydrogens is 273 g/mol. The first-order chi connectivity index (χ1) is 8.31. The number of hydrogen-bond acceptors (Lipinski definition) is 3. The van der Waals surface area contributed by atoms with Crippen LogP contribution < -0.4 is 0 Å². The fourth-order valence-electron chi connectivity index (χ4n) is 1.97. The molecule has 1 amide bonds. The van der Waals surface area contributed by atoms with Crippen LogP contribution >= 0.6 is 24.0 Å². The summed E-state index contributed by atoms with van der Waals surface area (Å²) in [5, 5.41) is 0. The molecule has 1 aliphatic rings. The molecule has 0 N–H and O–H groups in total. The smallest absolute Gasteiger partial charge is 0.254 e. The van der Waals surface area contributed by atoms with Gasteiger partial charge in [0, 0.05) is 56.6 Å². The second-order valence-corrected chi connectivity index (χ2v) is 4.44. The van der Waals surface area contributed by atoms with E-state index in [4.69, 9.17) is 11.6 Å². The zero-order valence-corrected chi connectivity index (χ0v) is 11.7. The van der Waals surface area contributed by atoms with Gasteiger partial charge in [0.1, 0.15) is 0 Å². The molecule has 1 saturated heterocycles. The van der Waals surface area contributed by atoms with E-state index in [0.717, 1.165) is 32.7 Å². The van der Waals surface area contributed by atoms with Crippen LogP contribution in [0, 0.1) is 0 Å². The Labute approximate surface area is 118 Å². The molecule has 1 aromatic rings. The van der Waals surface area contributed by atoms with Crippen molar-refractivity contribution in [1.29, 1.82) is 0 Å². The van der Waals surface area contributed by atoms with Crippen LogP contribution in [0.2, 0.25) is 0 Å². The molecule has 0 aliphatic carbocycles. The number of aromatic nitrogens is 1. The normalized spacial score (nSPS) is 16.2. The van der Waals surface area contributed by atoms with Crippen LogP contribution in [0.1, 0.15) is 10.4 Å². The van der Waals surface area contributed by atoms with E-state index in [9.17, 15) is 4.79 Å². The zero-order chi connectivity index (χ0) is 12.1. The second kappa shape index (κ2) is 7.56. The van der Waals surface area contributed by atoms with E-state index in [1.54, 1.807) is 24.5 Å². The first-order valence-electron chi connectivity index (χ1n) is 5.79. The van der Waals surface area contributed by atoms with Crippen LogP contribution in [0.5, 0.6) is 0 Å². The fourth-order valence-corrected chi connectivity index (χ4v) is 2.21. The summed E-state index contributed by atoms with van der Waals surface area (Å²) in [6.07, 6.45) is 3.30. The Kier molecular flexibility index (Phi) is 6.39. The van der Waals surface area contributed by atoms with Crippen molar-refractivity contribution in [3.63, 3.8) is 0 Å². The number of alkyl halides is 1. The lowest BCUT2D eigenvalue weighted by molar-refractivity contribution is 0.0644. The highest BCUT2D eigenvalue weighted by Crippen LogP contribution is 2.07. The van der Waals surface area contributed by atoms with E-state index in [1.807, 2.05) is 4.90 Å². The molecule has 0 unspecified atom stereocenters. The van der Waals surface area contributed by atoms with Crippen LogP contribution in [0.25, 0.3) is 0 Å². The number of nitrogens with zero attached hydrogens (tertiary/aromatic N) is 3. The zero-order valence-electron chi connectivity index (χ0n) is 10.1. The Balaban J connectivity index is 0.00000162. The van der Waals surface area contributed by atoms with Crippen LogP contribution in [-0.4, -0.2) is 59.3 Å². The summed E-state index contributed by atoms with van der Waals surface area (Å²) in [4.78, 5) is 20.2. The van der Waals surface area contributed by atoms with Gasteiger partial charge in [-0.2, -0.15) is 0 Å². The Morgan fingerprint density at radius 3 is 2.39 bits per heavy atom. The van der Waals surface area contributed by atoms with Crippen molar-refractivity contribution < 1.29 is 4.79 Å². The van der Waals surface area contributed by atoms with E-state index < -0.39 is 0 Å². The molecule has 0 spiro atoms. The lowest BCUT2D eigenvalue weighted by Gasteiger charge is -2.34. The molecule has 0 bridgehead atoms. The van der Waals surface area contributed by atoms with Crippen LogP contribution in [0.4, 0.5) is 0 Å². The predicted octanol–water partition coefficient (Wildman–Crippen LogP) is 1.50. The highest BCUT2D eigenvalue weighted by molar-refractivity contribution is 6.18. The molecule has 100 valence electrons. The van der Waals surface area contributed by atoms with Crippen LogP contribution in [0.15, 0.2) is 24.5 Å². The number of amides is 1. The van der Waals surface area contributed by atoms with E-state index in [2.05, 4.69) is 9.88 Å². The molecule has 0 aromatic carbocycles. The number of rotatable bonds is 3. The summed E-state index contributed by atoms with van der Waals surface area (Å²) in [5.41, 5.74) is 0.714. The third kappa shape index (κ3) is 3.83. The summed E-state index contributed by atoms with van der Waals surface area (Å²) >= 11 is 5.70. The Morgan fingerprint density at radius 2 is 1.83 bits per heavy atom. The summed E-state index contributed by atoms with van der Waals surface area (Å²) in [6.45, 7) is 4.27. The van der Waals surface area contributed by atoms with Crippen molar-refractivity contribution in [1.82, 2.24) is 14.8 Å². The molecule has 0 radical (unpaired) electrons. The van der Waals surface area contributed by atoms with Gasteiger partial charge in [-0.25, -0.2) is 0 Å². The molecule has 1 aromatic heterocycles. The molecule has 0 saturated carbocycles. The van der Waals surface area contributed by atoms with Gasteiger partial charge in [-0.1, -0.05) is 0 Å². The van der Waals surface area contributed by atoms with Gasteiger partial charge >= 0.3 is 0 Å². The molecule has 4 nitrogen and oxygen atoms in total. The van der Waals surface area contributed by atoms with Gasteiger partial charge in [0.2, 0.25) is 0 Å². The van der Waals surface area contributed by atoms with E-state index in [1.165, 1.54) is 0 Å². The molecule has 6 heteroatoms. The summed E-state index contributed by atoms with van der Waals surface area (Å²) in [5.74, 6) is 0.746. The van der Waals surface area contributed by atoms with E-state index in [-0.39, 0.29) is 18.3 Å². The van der Waals surface area contributed by atoms with Crippen LogP contribution in [-0.2, 0) is 0 Å². The van der Waals surface area contributed by atoms with Crippen molar-refractivity contribution in [3.05, 3.63) is 30.1 Å². The third-order valence-electron chi connectivity index (χ3n) is 2.99. The number of halogens is 2. The van der Waals surface area contributed by atoms with Crippen molar-refractivity contribution in [2.24, 2.45) is 0 Å². The van der Waals surface area contributed by atoms with Gasteiger partial charge in [-0.05, 0) is 12.1 Å². The van der Waals surface area contributed by atoms with E-state index in [0.29, 0.717) is 11.4 Å². The topological polar surface area (TPSA) is 36.4 Å². The van der Waals surface area contributed by atoms with Crippen molar-refractivity contribution >= 4 is 29.9 Å². The van der Waals surface area contributed by atoms with Crippen molar-refractivity contribution in [2.45, 2.75) is 0 Å². The summed E-state index contributed by atoms with van der Waals surface area (Å²) in [6, 6.07) is 3.51. The maximum absolute atomic E-state index is 12.1. The number of carbonyl (C=O) groups excluding carboxylic acids is 1. The Hall–Kier alpha value is -0.840. The average Bonchev–Trinajstić information content (AvgIpc) is 2.40. The van der Waals surface area contributed by atoms with Gasteiger partial charge < -0.3 is 4.90 Å². The predicted molar refractivity (Wildman–Crippen MR) is 74.5 cm³/mol. The van der Waals surface area contributed by atoms with Crippen molar-refractivity contribution in [3.8, 4) is 0 Å². The maximum atomic E-state index is 12.1. The standard InChI is InChI=1S/C12H16ClN3O.ClH/c13-3-6-15-7-9-16(10-8-15)12(17)11-1-4-14-5-2-11;/h1-2,4-5H,3,6-10H2;1H. The number of hydrogen-bond donors (Lipinski definition) is 0. The minimum atomic E-state index is 0. The monoisotopic (exact) mass is 289 g/mol. The second-order valence-electron chi connectivity index (χ2n) is 4.06. The fraction of sp³-hybridized carbons (Fsp3) is 0.500. The van der Waals surface area contributed by atoms with Gasteiger partial charge in [0.05, 0.1) is 0 Å². The van der Waals surface area contributed by atoms with E-state index >= 15 is 0 Å². The molecule has 0 atom stereocenters. The van der Waals surface area contributed by atoms with Gasteiger partial charge in [0.15, 0.2) is 0 Å². The highest BCUT2D eigenvalue weighted by Gasteiger charge is 2.21. The van der Waals surface area contributed by atoms with Gasteiger partial charge in [-0.3, -0.25) is 14.7 Å². The number of carbonyl (C=O) groups is 1. The molecule has 2 heterocycles. The van der Waals surface area contributed by atoms with Crippen LogP contribution in [0.3, 0.4) is 0 Å². The highest BCUT2D eigenvalue weighted by atomic mass is 35.5. The molecular formula is C12H17Cl2N3O. The minimum absolute atomic E-state index is 0. The molecule has 18 heavy (non-hydrogen) atoms. The third-order valence-corrected chi connectivity index (χ3v) is 3.16. The summed E-state index contributed by atoms with van der Waals surface area (Å²) in [7, 11) is 0. The molecule has 1 fully saturated rings. The Bertz CT molecular complexity index is 367. The molecule has 2 rings (SSSR count). The maximum Gasteiger partial charge on any atom is 0.254 e.